The Morgan fingerprint density at radius 1 is 1.17 bits per heavy atom. The lowest BCUT2D eigenvalue weighted by Gasteiger charge is -2.23. The van der Waals surface area contributed by atoms with Crippen molar-refractivity contribution in [1.82, 2.24) is 4.90 Å². The fraction of sp³-hybridized carbons (Fsp3) is 0.346. The van der Waals surface area contributed by atoms with Crippen LogP contribution in [0.4, 0.5) is 0 Å². The first kappa shape index (κ1) is 20.3. The largest absolute Gasteiger partial charge is 0.404 e. The molecule has 0 aromatic heterocycles. The molecule has 4 heteroatoms. The van der Waals surface area contributed by atoms with E-state index in [1.165, 1.54) is 35.1 Å². The molecule has 1 saturated carbocycles. The number of benzene rings is 2. The number of carbonyl (C=O) groups excluding carboxylic acids is 1. The number of hydrogen-bond acceptors (Lipinski definition) is 3. The monoisotopic (exact) mass is 401 g/mol. The summed E-state index contributed by atoms with van der Waals surface area (Å²) in [6, 6.07) is 13.2. The molecule has 4 nitrogen and oxygen atoms in total. The van der Waals surface area contributed by atoms with Crippen LogP contribution in [0.5, 0.6) is 0 Å². The molecular formula is C26H31N3O. The molecule has 156 valence electrons. The first-order valence-corrected chi connectivity index (χ1v) is 10.8. The minimum Gasteiger partial charge on any atom is -0.404 e. The van der Waals surface area contributed by atoms with Gasteiger partial charge in [0.1, 0.15) is 0 Å². The normalized spacial score (nSPS) is 17.7. The summed E-state index contributed by atoms with van der Waals surface area (Å²) in [7, 11) is 0. The van der Waals surface area contributed by atoms with Gasteiger partial charge in [0.15, 0.2) is 0 Å². The van der Waals surface area contributed by atoms with Gasteiger partial charge in [0.05, 0.1) is 0 Å². The third-order valence-electron chi connectivity index (χ3n) is 6.40. The van der Waals surface area contributed by atoms with Crippen LogP contribution in [0.15, 0.2) is 54.4 Å². The number of fused-ring (bicyclic) bond motifs is 1. The van der Waals surface area contributed by atoms with Crippen LogP contribution in [0, 0.1) is 6.92 Å². The third kappa shape index (κ3) is 4.00. The summed E-state index contributed by atoms with van der Waals surface area (Å²) in [5, 5.41) is 0. The van der Waals surface area contributed by atoms with Crippen LogP contribution in [0.3, 0.4) is 0 Å². The van der Waals surface area contributed by atoms with E-state index < -0.39 is 0 Å². The van der Waals surface area contributed by atoms with Gasteiger partial charge in [-0.1, -0.05) is 43.2 Å². The minimum absolute atomic E-state index is 0.218. The second kappa shape index (κ2) is 8.39. The fourth-order valence-electron chi connectivity index (χ4n) is 4.76. The molecule has 2 aromatic rings. The van der Waals surface area contributed by atoms with Crippen molar-refractivity contribution >= 4 is 11.5 Å². The number of nitrogens with two attached hydrogens (primary N) is 2. The lowest BCUT2D eigenvalue weighted by Crippen LogP contribution is -2.33. The first-order chi connectivity index (χ1) is 14.5. The molecular weight excluding hydrogens is 370 g/mol. The van der Waals surface area contributed by atoms with E-state index in [-0.39, 0.29) is 5.91 Å². The summed E-state index contributed by atoms with van der Waals surface area (Å²) in [6.07, 6.45) is 9.05. The van der Waals surface area contributed by atoms with E-state index in [2.05, 4.69) is 48.2 Å². The van der Waals surface area contributed by atoms with E-state index in [4.69, 9.17) is 11.5 Å². The second-order valence-electron chi connectivity index (χ2n) is 8.69. The molecule has 2 aromatic carbocycles. The van der Waals surface area contributed by atoms with Gasteiger partial charge < -0.3 is 16.4 Å². The molecule has 2 aliphatic rings. The van der Waals surface area contributed by atoms with Crippen LogP contribution in [-0.2, 0) is 13.0 Å². The van der Waals surface area contributed by atoms with Crippen LogP contribution < -0.4 is 11.5 Å². The maximum Gasteiger partial charge on any atom is 0.254 e. The number of nitrogens with zero attached hydrogens (tertiary/aromatic N) is 1. The third-order valence-corrected chi connectivity index (χ3v) is 6.40. The van der Waals surface area contributed by atoms with Crippen molar-refractivity contribution in [1.29, 1.82) is 0 Å². The molecule has 1 aliphatic carbocycles. The van der Waals surface area contributed by atoms with Crippen LogP contribution in [-0.4, -0.2) is 16.8 Å². The minimum atomic E-state index is 0.218. The molecule has 4 rings (SSSR count). The van der Waals surface area contributed by atoms with Crippen molar-refractivity contribution in [2.24, 2.45) is 11.5 Å². The van der Waals surface area contributed by atoms with Gasteiger partial charge in [-0.05, 0) is 78.6 Å². The Hall–Kier alpha value is -3.01. The number of aryl methyl sites for hydroxylation is 1. The van der Waals surface area contributed by atoms with Crippen molar-refractivity contribution in [3.05, 3.63) is 87.8 Å². The van der Waals surface area contributed by atoms with Crippen molar-refractivity contribution in [2.75, 3.05) is 0 Å². The summed E-state index contributed by atoms with van der Waals surface area (Å²) in [6.45, 7) is 4.78. The summed E-state index contributed by atoms with van der Waals surface area (Å²) in [4.78, 5) is 15.1. The maximum absolute atomic E-state index is 13.0. The molecule has 4 N–H and O–H groups in total. The highest BCUT2D eigenvalue weighted by molar-refractivity contribution is 5.99. The Morgan fingerprint density at radius 2 is 1.87 bits per heavy atom. The van der Waals surface area contributed by atoms with Gasteiger partial charge in [-0.25, -0.2) is 0 Å². The van der Waals surface area contributed by atoms with Crippen molar-refractivity contribution < 1.29 is 4.79 Å². The topological polar surface area (TPSA) is 72.3 Å². The Kier molecular flexibility index (Phi) is 5.67. The van der Waals surface area contributed by atoms with Gasteiger partial charge in [-0.2, -0.15) is 0 Å². The van der Waals surface area contributed by atoms with Gasteiger partial charge in [0, 0.05) is 30.0 Å². The summed E-state index contributed by atoms with van der Waals surface area (Å²) in [5.74, 6) is 0.218. The average molecular weight is 402 g/mol. The number of rotatable bonds is 5. The molecule has 0 bridgehead atoms. The lowest BCUT2D eigenvalue weighted by molar-refractivity contribution is 0.0707. The summed E-state index contributed by atoms with van der Waals surface area (Å²) in [5.41, 5.74) is 20.0. The second-order valence-corrected chi connectivity index (χ2v) is 8.69. The van der Waals surface area contributed by atoms with E-state index in [1.807, 2.05) is 13.0 Å². The van der Waals surface area contributed by atoms with Gasteiger partial charge in [0.25, 0.3) is 5.91 Å². The summed E-state index contributed by atoms with van der Waals surface area (Å²) < 4.78 is 0. The van der Waals surface area contributed by atoms with E-state index in [0.717, 1.165) is 48.2 Å². The maximum atomic E-state index is 13.0. The molecule has 1 fully saturated rings. The SMILES string of the molecule is C/C(N)=C/C(=C\N)c1ccc(Cc2cc3c(cc2C)CN(C2CCCC2)C3=O)cc1. The highest BCUT2D eigenvalue weighted by Crippen LogP contribution is 2.33. The van der Waals surface area contributed by atoms with Crippen molar-refractivity contribution in [3.63, 3.8) is 0 Å². The van der Waals surface area contributed by atoms with Crippen LogP contribution >= 0.6 is 0 Å². The van der Waals surface area contributed by atoms with Gasteiger partial charge in [-0.15, -0.1) is 0 Å². The zero-order valence-corrected chi connectivity index (χ0v) is 17.9. The van der Waals surface area contributed by atoms with E-state index >= 15 is 0 Å². The molecule has 0 atom stereocenters. The Labute approximate surface area is 179 Å². The molecule has 1 heterocycles. The van der Waals surface area contributed by atoms with E-state index in [9.17, 15) is 4.79 Å². The molecule has 1 aliphatic heterocycles. The highest BCUT2D eigenvalue weighted by atomic mass is 16.2. The number of amides is 1. The first-order valence-electron chi connectivity index (χ1n) is 10.8. The Morgan fingerprint density at radius 3 is 2.50 bits per heavy atom. The molecule has 0 unspecified atom stereocenters. The number of allylic oxidation sites excluding steroid dienone is 3. The molecule has 30 heavy (non-hydrogen) atoms. The van der Waals surface area contributed by atoms with Gasteiger partial charge >= 0.3 is 0 Å². The predicted octanol–water partition coefficient (Wildman–Crippen LogP) is 4.65. The average Bonchev–Trinajstić information content (AvgIpc) is 3.36. The fourth-order valence-corrected chi connectivity index (χ4v) is 4.76. The van der Waals surface area contributed by atoms with Gasteiger partial charge in [-0.3, -0.25) is 4.79 Å². The quantitative estimate of drug-likeness (QED) is 0.717. The standard InChI is InChI=1S/C26H31N3O/c1-17-11-23-16-29(24-5-3-4-6-24)26(30)25(23)14-21(17)13-19-7-9-20(10-8-19)22(15-27)12-18(2)28/h7-12,14-15,24H,3-6,13,16,27-28H2,1-2H3/b18-12-,22-15+. The molecule has 1 amide bonds. The zero-order valence-electron chi connectivity index (χ0n) is 17.9. The highest BCUT2D eigenvalue weighted by Gasteiger charge is 2.34. The van der Waals surface area contributed by atoms with Crippen LogP contribution in [0.1, 0.15) is 70.8 Å². The van der Waals surface area contributed by atoms with Crippen LogP contribution in [0.2, 0.25) is 0 Å². The predicted molar refractivity (Wildman–Crippen MR) is 123 cm³/mol. The number of hydrogen-bond donors (Lipinski definition) is 2. The van der Waals surface area contributed by atoms with Gasteiger partial charge in [0.2, 0.25) is 0 Å². The van der Waals surface area contributed by atoms with Crippen molar-refractivity contribution in [3.8, 4) is 0 Å². The smallest absolute Gasteiger partial charge is 0.254 e. The zero-order chi connectivity index (χ0) is 21.3. The molecule has 0 radical (unpaired) electrons. The Balaban J connectivity index is 1.54. The molecule has 0 saturated heterocycles. The Bertz CT molecular complexity index is 1010. The lowest BCUT2D eigenvalue weighted by atomic mass is 9.94. The molecule has 0 spiro atoms. The summed E-state index contributed by atoms with van der Waals surface area (Å²) >= 11 is 0. The van der Waals surface area contributed by atoms with Crippen LogP contribution in [0.25, 0.3) is 5.57 Å². The number of carbonyl (C=O) groups is 1. The van der Waals surface area contributed by atoms with Crippen molar-refractivity contribution in [2.45, 2.75) is 58.5 Å². The van der Waals surface area contributed by atoms with E-state index in [1.54, 1.807) is 6.20 Å². The van der Waals surface area contributed by atoms with E-state index in [0.29, 0.717) is 6.04 Å².